The van der Waals surface area contributed by atoms with Crippen LogP contribution in [0.25, 0.3) is 17.4 Å². The van der Waals surface area contributed by atoms with Crippen molar-refractivity contribution in [3.05, 3.63) is 77.6 Å². The van der Waals surface area contributed by atoms with Crippen LogP contribution in [0.15, 0.2) is 70.7 Å². The predicted molar refractivity (Wildman–Crippen MR) is 108 cm³/mol. The second kappa shape index (κ2) is 9.26. The maximum Gasteiger partial charge on any atom is 0.266 e. The van der Waals surface area contributed by atoms with Gasteiger partial charge in [-0.1, -0.05) is 24.3 Å². The van der Waals surface area contributed by atoms with Crippen LogP contribution in [0.4, 0.5) is 5.69 Å². The van der Waals surface area contributed by atoms with Crippen molar-refractivity contribution < 1.29 is 23.8 Å². The van der Waals surface area contributed by atoms with Gasteiger partial charge in [0.1, 0.15) is 28.9 Å². The largest absolute Gasteiger partial charge is 0.545 e. The molecule has 7 heteroatoms. The van der Waals surface area contributed by atoms with Gasteiger partial charge in [-0.25, -0.2) is 0 Å². The number of hydrogen-bond donors (Lipinski definition) is 1. The lowest BCUT2D eigenvalue weighted by Gasteiger charge is -2.07. The molecule has 0 bridgehead atoms. The van der Waals surface area contributed by atoms with Gasteiger partial charge >= 0.3 is 0 Å². The van der Waals surface area contributed by atoms with Gasteiger partial charge in [-0.2, -0.15) is 5.26 Å². The Morgan fingerprint density at radius 2 is 1.87 bits per heavy atom. The lowest BCUT2D eigenvalue weighted by atomic mass is 10.1. The van der Waals surface area contributed by atoms with Crippen molar-refractivity contribution in [3.63, 3.8) is 0 Å². The number of carboxylic acids is 1. The Kier molecular flexibility index (Phi) is 6.30. The summed E-state index contributed by atoms with van der Waals surface area (Å²) in [6.45, 7) is 2.41. The molecule has 1 N–H and O–H groups in total. The molecule has 0 unspecified atom stereocenters. The zero-order valence-electron chi connectivity index (χ0n) is 16.0. The highest BCUT2D eigenvalue weighted by atomic mass is 16.5. The van der Waals surface area contributed by atoms with Crippen LogP contribution in [0.5, 0.6) is 5.75 Å². The third-order valence-corrected chi connectivity index (χ3v) is 4.11. The summed E-state index contributed by atoms with van der Waals surface area (Å²) in [4.78, 5) is 23.7. The summed E-state index contributed by atoms with van der Waals surface area (Å²) in [7, 11) is 0. The zero-order valence-corrected chi connectivity index (χ0v) is 16.0. The van der Waals surface area contributed by atoms with Crippen molar-refractivity contribution in [1.82, 2.24) is 0 Å². The maximum atomic E-state index is 12.4. The first-order chi connectivity index (χ1) is 14.5. The minimum atomic E-state index is -1.33. The first-order valence-electron chi connectivity index (χ1n) is 9.08. The Labute approximate surface area is 172 Å². The van der Waals surface area contributed by atoms with Crippen LogP contribution in [-0.4, -0.2) is 18.5 Å². The van der Waals surface area contributed by atoms with Gasteiger partial charge in [-0.15, -0.1) is 0 Å². The van der Waals surface area contributed by atoms with Crippen molar-refractivity contribution in [2.75, 3.05) is 11.9 Å². The summed E-state index contributed by atoms with van der Waals surface area (Å²) in [5.41, 5.74) is 0.663. The molecular formula is C23H17N2O5-. The molecule has 0 aliphatic heterocycles. The number of ether oxygens (including phenoxy) is 1. The average molecular weight is 401 g/mol. The number of carbonyl (C=O) groups excluding carboxylic acids is 2. The molecule has 3 aromatic rings. The Hall–Kier alpha value is -4.31. The van der Waals surface area contributed by atoms with E-state index in [1.54, 1.807) is 54.6 Å². The van der Waals surface area contributed by atoms with Crippen LogP contribution >= 0.6 is 0 Å². The SMILES string of the molecule is CCOc1ccc(NC(=O)/C(C#N)=C\c2ccc(-c3ccccc3C(=O)[O-])o2)cc1. The van der Waals surface area contributed by atoms with Gasteiger partial charge in [-0.05, 0) is 43.3 Å². The number of furan rings is 1. The van der Waals surface area contributed by atoms with E-state index in [-0.39, 0.29) is 22.7 Å². The quantitative estimate of drug-likeness (QED) is 0.480. The van der Waals surface area contributed by atoms with Crippen LogP contribution < -0.4 is 15.2 Å². The molecule has 150 valence electrons. The fraction of sp³-hybridized carbons (Fsp3) is 0.0870. The van der Waals surface area contributed by atoms with Gasteiger partial charge < -0.3 is 24.4 Å². The zero-order chi connectivity index (χ0) is 21.5. The molecule has 0 aliphatic rings. The Bertz CT molecular complexity index is 1140. The standard InChI is InChI=1S/C23H18N2O5/c1-2-29-17-9-7-16(8-10-17)25-22(26)15(14-24)13-18-11-12-21(30-18)19-5-3-4-6-20(19)23(27)28/h3-13H,2H2,1H3,(H,25,26)(H,27,28)/p-1/b15-13-. The van der Waals surface area contributed by atoms with E-state index in [1.807, 2.05) is 13.0 Å². The van der Waals surface area contributed by atoms with Crippen LogP contribution in [0, 0.1) is 11.3 Å². The third kappa shape index (κ3) is 4.75. The van der Waals surface area contributed by atoms with Crippen LogP contribution in [0.3, 0.4) is 0 Å². The molecule has 30 heavy (non-hydrogen) atoms. The van der Waals surface area contributed by atoms with Gasteiger partial charge in [0.25, 0.3) is 5.91 Å². The average Bonchev–Trinajstić information content (AvgIpc) is 3.22. The van der Waals surface area contributed by atoms with E-state index in [1.165, 1.54) is 12.1 Å². The smallest absolute Gasteiger partial charge is 0.266 e. The molecule has 0 fully saturated rings. The van der Waals surface area contributed by atoms with Crippen LogP contribution in [0.1, 0.15) is 23.0 Å². The van der Waals surface area contributed by atoms with Gasteiger partial charge in [-0.3, -0.25) is 4.79 Å². The molecule has 1 aromatic heterocycles. The van der Waals surface area contributed by atoms with Crippen molar-refractivity contribution in [3.8, 4) is 23.1 Å². The number of nitrogens with zero attached hydrogens (tertiary/aromatic N) is 1. The van der Waals surface area contributed by atoms with E-state index in [0.29, 0.717) is 23.6 Å². The van der Waals surface area contributed by atoms with Crippen LogP contribution in [0.2, 0.25) is 0 Å². The summed E-state index contributed by atoms with van der Waals surface area (Å²) in [6, 6.07) is 17.9. The first-order valence-corrected chi connectivity index (χ1v) is 9.08. The number of aromatic carboxylic acids is 1. The van der Waals surface area contributed by atoms with Gasteiger partial charge in [0.2, 0.25) is 0 Å². The molecule has 2 aromatic carbocycles. The molecule has 7 nitrogen and oxygen atoms in total. The molecule has 1 heterocycles. The van der Waals surface area contributed by atoms with Gasteiger partial charge in [0.05, 0.1) is 12.6 Å². The summed E-state index contributed by atoms with van der Waals surface area (Å²) in [5, 5.41) is 23.3. The maximum absolute atomic E-state index is 12.4. The second-order valence-corrected chi connectivity index (χ2v) is 6.12. The monoisotopic (exact) mass is 401 g/mol. The Morgan fingerprint density at radius 3 is 2.53 bits per heavy atom. The number of carboxylic acid groups (broad SMARTS) is 1. The Balaban J connectivity index is 1.79. The van der Waals surface area contributed by atoms with Crippen molar-refractivity contribution in [1.29, 1.82) is 5.26 Å². The number of hydrogen-bond acceptors (Lipinski definition) is 6. The summed E-state index contributed by atoms with van der Waals surface area (Å²) < 4.78 is 11.0. The first kappa shape index (κ1) is 20.4. The minimum Gasteiger partial charge on any atom is -0.545 e. The van der Waals surface area contributed by atoms with E-state index in [9.17, 15) is 20.0 Å². The highest BCUT2D eigenvalue weighted by Crippen LogP contribution is 2.26. The normalized spacial score (nSPS) is 10.9. The van der Waals surface area contributed by atoms with Gasteiger partial charge in [0.15, 0.2) is 0 Å². The molecule has 3 rings (SSSR count). The number of anilines is 1. The van der Waals surface area contributed by atoms with Gasteiger partial charge in [0, 0.05) is 22.9 Å². The summed E-state index contributed by atoms with van der Waals surface area (Å²) >= 11 is 0. The highest BCUT2D eigenvalue weighted by molar-refractivity contribution is 6.09. The predicted octanol–water partition coefficient (Wildman–Crippen LogP) is 3.25. The molecule has 0 atom stereocenters. The number of amides is 1. The van der Waals surface area contributed by atoms with Crippen LogP contribution in [-0.2, 0) is 4.79 Å². The summed E-state index contributed by atoms with van der Waals surface area (Å²) in [6.07, 6.45) is 1.29. The fourth-order valence-corrected chi connectivity index (χ4v) is 2.74. The molecule has 0 saturated heterocycles. The van der Waals surface area contributed by atoms with E-state index in [4.69, 9.17) is 9.15 Å². The molecule has 1 amide bonds. The second-order valence-electron chi connectivity index (χ2n) is 6.12. The number of nitriles is 1. The van der Waals surface area contributed by atoms with E-state index in [2.05, 4.69) is 5.32 Å². The van der Waals surface area contributed by atoms with Crippen molar-refractivity contribution in [2.24, 2.45) is 0 Å². The van der Waals surface area contributed by atoms with E-state index >= 15 is 0 Å². The summed E-state index contributed by atoms with van der Waals surface area (Å²) in [5.74, 6) is -0.741. The molecule has 0 aliphatic carbocycles. The Morgan fingerprint density at radius 1 is 1.13 bits per heavy atom. The van der Waals surface area contributed by atoms with Crippen molar-refractivity contribution in [2.45, 2.75) is 6.92 Å². The molecular weight excluding hydrogens is 384 g/mol. The lowest BCUT2D eigenvalue weighted by molar-refractivity contribution is -0.254. The van der Waals surface area contributed by atoms with E-state index in [0.717, 1.165) is 0 Å². The number of nitrogens with one attached hydrogen (secondary N) is 1. The van der Waals surface area contributed by atoms with E-state index < -0.39 is 11.9 Å². The molecule has 0 saturated carbocycles. The third-order valence-electron chi connectivity index (χ3n) is 4.11. The topological polar surface area (TPSA) is 115 Å². The highest BCUT2D eigenvalue weighted by Gasteiger charge is 2.13. The number of carbonyl (C=O) groups is 2. The lowest BCUT2D eigenvalue weighted by Crippen LogP contribution is -2.22. The number of rotatable bonds is 7. The molecule has 0 spiro atoms. The molecule has 0 radical (unpaired) electrons. The fourth-order valence-electron chi connectivity index (χ4n) is 2.74. The van der Waals surface area contributed by atoms with Crippen molar-refractivity contribution >= 4 is 23.6 Å². The minimum absolute atomic E-state index is 0.0175. The number of benzene rings is 2.